The van der Waals surface area contributed by atoms with Crippen LogP contribution in [0.3, 0.4) is 0 Å². The lowest BCUT2D eigenvalue weighted by Crippen LogP contribution is -1.94. The second-order valence-corrected chi connectivity index (χ2v) is 8.88. The van der Waals surface area contributed by atoms with Gasteiger partial charge in [-0.1, -0.05) is 92.5 Å². The van der Waals surface area contributed by atoms with Gasteiger partial charge in [-0.2, -0.15) is 0 Å². The molecule has 0 aliphatic rings. The van der Waals surface area contributed by atoms with Crippen LogP contribution in [0.5, 0.6) is 0 Å². The van der Waals surface area contributed by atoms with Crippen molar-refractivity contribution in [3.8, 4) is 22.3 Å². The number of halogens is 2. The second kappa shape index (κ2) is 7.47. The zero-order chi connectivity index (χ0) is 20.0. The Morgan fingerprint density at radius 1 is 0.621 bits per heavy atom. The summed E-state index contributed by atoms with van der Waals surface area (Å²) in [4.78, 5) is 0. The van der Waals surface area contributed by atoms with Gasteiger partial charge in [-0.25, -0.2) is 0 Å². The van der Waals surface area contributed by atoms with Gasteiger partial charge in [0.05, 0.1) is 0 Å². The lowest BCUT2D eigenvalue weighted by atomic mass is 10.0. The van der Waals surface area contributed by atoms with E-state index in [1.54, 1.807) is 0 Å². The number of hydrogen-bond acceptors (Lipinski definition) is 0. The number of benzene rings is 4. The molecule has 1 heterocycles. The molecular weight excluding hydrogens is 486 g/mol. The Balaban J connectivity index is 1.83. The van der Waals surface area contributed by atoms with Crippen molar-refractivity contribution in [3.05, 3.63) is 93.9 Å². The van der Waals surface area contributed by atoms with Gasteiger partial charge in [0.2, 0.25) is 0 Å². The minimum absolute atomic E-state index is 0.922. The summed E-state index contributed by atoms with van der Waals surface area (Å²) in [5.41, 5.74) is 7.42. The third kappa shape index (κ3) is 3.13. The van der Waals surface area contributed by atoms with Crippen LogP contribution in [0, 0.1) is 0 Å². The summed E-state index contributed by atoms with van der Waals surface area (Å²) in [6, 6.07) is 30.3. The molecule has 0 atom stereocenters. The van der Waals surface area contributed by atoms with E-state index in [1.165, 1.54) is 44.1 Å². The molecule has 0 aliphatic heterocycles. The van der Waals surface area contributed by atoms with Gasteiger partial charge in [0.1, 0.15) is 0 Å². The van der Waals surface area contributed by atoms with E-state index in [2.05, 4.69) is 128 Å². The summed E-state index contributed by atoms with van der Waals surface area (Å²) in [6.45, 7) is 3.14. The minimum Gasteiger partial charge on any atom is -0.341 e. The van der Waals surface area contributed by atoms with Crippen molar-refractivity contribution in [1.82, 2.24) is 4.57 Å². The summed E-state index contributed by atoms with van der Waals surface area (Å²) in [7, 11) is 0. The van der Waals surface area contributed by atoms with Crippen molar-refractivity contribution in [2.75, 3.05) is 0 Å². The quantitative estimate of drug-likeness (QED) is 0.231. The molecule has 0 spiro atoms. The Hall–Kier alpha value is -2.36. The van der Waals surface area contributed by atoms with Crippen LogP contribution in [-0.4, -0.2) is 4.57 Å². The fourth-order valence-electron chi connectivity index (χ4n) is 4.15. The topological polar surface area (TPSA) is 4.93 Å². The van der Waals surface area contributed by atoms with Crippen molar-refractivity contribution < 1.29 is 0 Å². The monoisotopic (exact) mass is 503 g/mol. The van der Waals surface area contributed by atoms with Crippen molar-refractivity contribution in [2.24, 2.45) is 0 Å². The van der Waals surface area contributed by atoms with E-state index in [0.717, 1.165) is 15.5 Å². The van der Waals surface area contributed by atoms with Gasteiger partial charge in [0.15, 0.2) is 0 Å². The third-order valence-corrected chi connectivity index (χ3v) is 6.84. The molecule has 0 radical (unpaired) electrons. The van der Waals surface area contributed by atoms with Crippen molar-refractivity contribution in [3.63, 3.8) is 0 Å². The zero-order valence-corrected chi connectivity index (χ0v) is 19.2. The van der Waals surface area contributed by atoms with Crippen LogP contribution in [0.1, 0.15) is 6.92 Å². The maximum Gasteiger partial charge on any atom is 0.0498 e. The molecule has 0 amide bonds. The minimum atomic E-state index is 0.922. The Kier molecular flexibility index (Phi) is 4.81. The van der Waals surface area contributed by atoms with E-state index in [-0.39, 0.29) is 0 Å². The molecule has 0 fully saturated rings. The number of fused-ring (bicyclic) bond motifs is 3. The summed E-state index contributed by atoms with van der Waals surface area (Å²) < 4.78 is 4.66. The molecule has 1 nitrogen and oxygen atoms in total. The Morgan fingerprint density at radius 3 is 1.41 bits per heavy atom. The first-order valence-electron chi connectivity index (χ1n) is 9.73. The number of aryl methyl sites for hydroxylation is 1. The van der Waals surface area contributed by atoms with Gasteiger partial charge in [0.25, 0.3) is 0 Å². The van der Waals surface area contributed by atoms with Crippen LogP contribution in [0.2, 0.25) is 0 Å². The van der Waals surface area contributed by atoms with Crippen LogP contribution in [0.15, 0.2) is 93.9 Å². The Morgan fingerprint density at radius 2 is 1.03 bits per heavy atom. The molecule has 142 valence electrons. The third-order valence-electron chi connectivity index (χ3n) is 5.53. The van der Waals surface area contributed by atoms with E-state index in [9.17, 15) is 0 Å². The molecule has 5 aromatic rings. The largest absolute Gasteiger partial charge is 0.341 e. The van der Waals surface area contributed by atoms with Gasteiger partial charge < -0.3 is 4.57 Å². The zero-order valence-electron chi connectivity index (χ0n) is 16.0. The summed E-state index contributed by atoms with van der Waals surface area (Å²) >= 11 is 7.64. The average Bonchev–Trinajstić information content (AvgIpc) is 3.05. The molecule has 1 aromatic heterocycles. The number of nitrogens with zero attached hydrogens (tertiary/aromatic N) is 1. The van der Waals surface area contributed by atoms with Gasteiger partial charge in [0, 0.05) is 37.3 Å². The number of aromatic nitrogens is 1. The molecular formula is C26H19Br2N. The Labute approximate surface area is 187 Å². The van der Waals surface area contributed by atoms with Crippen LogP contribution in [0.4, 0.5) is 0 Å². The highest BCUT2D eigenvalue weighted by molar-refractivity contribution is 9.11. The number of hydrogen-bond donors (Lipinski definition) is 0. The Bertz CT molecular complexity index is 1230. The highest BCUT2D eigenvalue weighted by atomic mass is 79.9. The summed E-state index contributed by atoms with van der Waals surface area (Å²) in [6.07, 6.45) is 0. The van der Waals surface area contributed by atoms with Crippen molar-refractivity contribution in [2.45, 2.75) is 13.5 Å². The molecule has 3 heteroatoms. The molecule has 29 heavy (non-hydrogen) atoms. The van der Waals surface area contributed by atoms with E-state index in [4.69, 9.17) is 0 Å². The lowest BCUT2D eigenvalue weighted by molar-refractivity contribution is 0.827. The number of rotatable bonds is 3. The van der Waals surface area contributed by atoms with Crippen LogP contribution >= 0.6 is 31.9 Å². The summed E-state index contributed by atoms with van der Waals surface area (Å²) in [5, 5.41) is 2.54. The van der Waals surface area contributed by atoms with Crippen LogP contribution in [-0.2, 0) is 6.54 Å². The first-order valence-corrected chi connectivity index (χ1v) is 11.3. The van der Waals surface area contributed by atoms with E-state index >= 15 is 0 Å². The molecule has 0 N–H and O–H groups in total. The fraction of sp³-hybridized carbons (Fsp3) is 0.0769. The predicted molar refractivity (Wildman–Crippen MR) is 131 cm³/mol. The normalized spacial score (nSPS) is 11.4. The van der Waals surface area contributed by atoms with E-state index in [1.807, 2.05) is 0 Å². The van der Waals surface area contributed by atoms with E-state index < -0.39 is 0 Å². The molecule has 0 bridgehead atoms. The smallest absolute Gasteiger partial charge is 0.0498 e. The van der Waals surface area contributed by atoms with Crippen LogP contribution < -0.4 is 0 Å². The fourth-order valence-corrected chi connectivity index (χ4v) is 5.29. The van der Waals surface area contributed by atoms with Gasteiger partial charge in [-0.3, -0.25) is 0 Å². The lowest BCUT2D eigenvalue weighted by Gasteiger charge is -2.09. The standard InChI is InChI=1S/C26H19Br2N/c1-2-29-25-15-19(17-9-5-3-6-10-17)23(27)13-21(25)22-14-24(28)20(16-26(22)29)18-11-7-4-8-12-18/h3-16H,2H2,1H3. The molecule has 4 aromatic carbocycles. The van der Waals surface area contributed by atoms with Crippen LogP contribution in [0.25, 0.3) is 44.1 Å². The second-order valence-electron chi connectivity index (χ2n) is 7.17. The highest BCUT2D eigenvalue weighted by Gasteiger charge is 2.16. The first-order chi connectivity index (χ1) is 14.2. The first kappa shape index (κ1) is 18.7. The molecule has 0 unspecified atom stereocenters. The highest BCUT2D eigenvalue weighted by Crippen LogP contribution is 2.40. The maximum absolute atomic E-state index is 3.82. The van der Waals surface area contributed by atoms with Crippen molar-refractivity contribution >= 4 is 53.7 Å². The molecule has 0 saturated heterocycles. The maximum atomic E-state index is 3.82. The SMILES string of the molecule is CCn1c2cc(-c3ccccc3)c(Br)cc2c2cc(Br)c(-c3ccccc3)cc21. The van der Waals surface area contributed by atoms with Gasteiger partial charge in [-0.05, 0) is 53.4 Å². The molecule has 0 saturated carbocycles. The molecule has 5 rings (SSSR count). The van der Waals surface area contributed by atoms with Gasteiger partial charge in [-0.15, -0.1) is 0 Å². The van der Waals surface area contributed by atoms with Gasteiger partial charge >= 0.3 is 0 Å². The summed E-state index contributed by atoms with van der Waals surface area (Å²) in [5.74, 6) is 0. The predicted octanol–water partition coefficient (Wildman–Crippen LogP) is 8.67. The van der Waals surface area contributed by atoms with E-state index in [0.29, 0.717) is 0 Å². The molecule has 0 aliphatic carbocycles. The van der Waals surface area contributed by atoms with Crippen molar-refractivity contribution in [1.29, 1.82) is 0 Å². The average molecular weight is 505 g/mol.